The molecule has 1 atom stereocenters. The van der Waals surface area contributed by atoms with Gasteiger partial charge in [-0.1, -0.05) is 72.8 Å². The summed E-state index contributed by atoms with van der Waals surface area (Å²) in [5.41, 5.74) is 5.85. The molecule has 1 amide bonds. The fourth-order valence-electron chi connectivity index (χ4n) is 4.76. The van der Waals surface area contributed by atoms with Gasteiger partial charge in [0.05, 0.1) is 0 Å². The van der Waals surface area contributed by atoms with E-state index in [1.807, 2.05) is 41.3 Å². The van der Waals surface area contributed by atoms with Gasteiger partial charge in [-0.25, -0.2) is 0 Å². The molecule has 2 heterocycles. The second-order valence-corrected chi connectivity index (χ2v) is 8.09. The normalized spacial score (nSPS) is 19.2. The third-order valence-corrected chi connectivity index (χ3v) is 6.37. The van der Waals surface area contributed by atoms with Crippen LogP contribution in [0.15, 0.2) is 78.9 Å². The molecule has 0 radical (unpaired) electrons. The minimum atomic E-state index is 0.157. The quantitative estimate of drug-likeness (QED) is 0.660. The molecule has 0 aliphatic carbocycles. The van der Waals surface area contributed by atoms with Crippen LogP contribution < -0.4 is 0 Å². The van der Waals surface area contributed by atoms with Gasteiger partial charge in [-0.3, -0.25) is 9.69 Å². The van der Waals surface area contributed by atoms with Crippen LogP contribution in [0.4, 0.5) is 0 Å². The van der Waals surface area contributed by atoms with Crippen LogP contribution in [-0.4, -0.2) is 41.4 Å². The lowest BCUT2D eigenvalue weighted by atomic mass is 9.98. The lowest BCUT2D eigenvalue weighted by Gasteiger charge is -2.33. The second kappa shape index (κ2) is 7.84. The zero-order chi connectivity index (χ0) is 19.6. The van der Waals surface area contributed by atoms with E-state index in [0.29, 0.717) is 6.04 Å². The van der Waals surface area contributed by atoms with Crippen LogP contribution in [0.5, 0.6) is 0 Å². The average molecular weight is 383 g/mol. The molecule has 0 unspecified atom stereocenters. The summed E-state index contributed by atoms with van der Waals surface area (Å²) in [5, 5.41) is 0. The Bertz CT molecular complexity index is 1010. The van der Waals surface area contributed by atoms with E-state index in [-0.39, 0.29) is 5.91 Å². The van der Waals surface area contributed by atoms with Crippen LogP contribution in [0.2, 0.25) is 0 Å². The average Bonchev–Trinajstić information content (AvgIpc) is 3.29. The smallest absolute Gasteiger partial charge is 0.254 e. The van der Waals surface area contributed by atoms with E-state index >= 15 is 0 Å². The van der Waals surface area contributed by atoms with Gasteiger partial charge in [0.2, 0.25) is 0 Å². The maximum absolute atomic E-state index is 13.4. The molecule has 3 nitrogen and oxygen atoms in total. The van der Waals surface area contributed by atoms with Crippen molar-refractivity contribution < 1.29 is 4.79 Å². The number of nitrogens with zero attached hydrogens (tertiary/aromatic N) is 2. The van der Waals surface area contributed by atoms with E-state index in [1.54, 1.807) is 0 Å². The highest BCUT2D eigenvalue weighted by molar-refractivity contribution is 6.01. The summed E-state index contributed by atoms with van der Waals surface area (Å²) in [5.74, 6) is 0.157. The number of amides is 1. The van der Waals surface area contributed by atoms with Crippen LogP contribution in [0.3, 0.4) is 0 Å². The van der Waals surface area contributed by atoms with Crippen molar-refractivity contribution in [2.45, 2.75) is 25.4 Å². The Balaban J connectivity index is 1.32. The molecule has 5 rings (SSSR count). The summed E-state index contributed by atoms with van der Waals surface area (Å²) in [6, 6.07) is 27.4. The molecule has 0 spiro atoms. The third kappa shape index (κ3) is 3.58. The fraction of sp³-hybridized carbons (Fsp3) is 0.269. The summed E-state index contributed by atoms with van der Waals surface area (Å²) in [6.07, 6.45) is 2.17. The number of carbonyl (C=O) groups excluding carboxylic acids is 1. The van der Waals surface area contributed by atoms with Crippen LogP contribution in [0.25, 0.3) is 11.1 Å². The largest absolute Gasteiger partial charge is 0.337 e. The van der Waals surface area contributed by atoms with E-state index in [0.717, 1.165) is 55.7 Å². The van der Waals surface area contributed by atoms with Gasteiger partial charge in [0, 0.05) is 37.8 Å². The molecule has 1 saturated heterocycles. The van der Waals surface area contributed by atoms with Crippen molar-refractivity contribution in [2.24, 2.45) is 0 Å². The molecule has 2 aliphatic heterocycles. The van der Waals surface area contributed by atoms with Gasteiger partial charge >= 0.3 is 0 Å². The van der Waals surface area contributed by atoms with E-state index in [1.165, 1.54) is 11.1 Å². The zero-order valence-corrected chi connectivity index (χ0v) is 16.6. The summed E-state index contributed by atoms with van der Waals surface area (Å²) < 4.78 is 0. The van der Waals surface area contributed by atoms with Crippen molar-refractivity contribution >= 4 is 5.91 Å². The molecule has 0 aromatic heterocycles. The van der Waals surface area contributed by atoms with Gasteiger partial charge in [0.1, 0.15) is 0 Å². The molecule has 3 aromatic rings. The first-order chi connectivity index (χ1) is 14.3. The number of hydrogen-bond donors (Lipinski definition) is 0. The highest BCUT2D eigenvalue weighted by atomic mass is 16.2. The third-order valence-electron chi connectivity index (χ3n) is 6.37. The summed E-state index contributed by atoms with van der Waals surface area (Å²) >= 11 is 0. The SMILES string of the molecule is O=C(c1ccccc1-c1ccccc1)N1CC[C@H](N2CCc3ccccc3C2)C1. The Morgan fingerprint density at radius 1 is 0.793 bits per heavy atom. The first-order valence-corrected chi connectivity index (χ1v) is 10.5. The molecule has 0 saturated carbocycles. The Hall–Kier alpha value is -2.91. The molecule has 3 heteroatoms. The van der Waals surface area contributed by atoms with Crippen molar-refractivity contribution in [1.82, 2.24) is 9.80 Å². The molecular formula is C26H26N2O. The number of carbonyl (C=O) groups is 1. The Morgan fingerprint density at radius 3 is 2.38 bits per heavy atom. The zero-order valence-electron chi connectivity index (χ0n) is 16.6. The van der Waals surface area contributed by atoms with Gasteiger partial charge in [-0.05, 0) is 41.2 Å². The van der Waals surface area contributed by atoms with Gasteiger partial charge in [0.15, 0.2) is 0 Å². The summed E-state index contributed by atoms with van der Waals surface area (Å²) in [4.78, 5) is 18.0. The van der Waals surface area contributed by atoms with Crippen molar-refractivity contribution in [3.63, 3.8) is 0 Å². The molecule has 0 N–H and O–H groups in total. The van der Waals surface area contributed by atoms with Gasteiger partial charge in [-0.15, -0.1) is 0 Å². The summed E-state index contributed by atoms with van der Waals surface area (Å²) in [6.45, 7) is 3.75. The van der Waals surface area contributed by atoms with Crippen molar-refractivity contribution in [1.29, 1.82) is 0 Å². The molecular weight excluding hydrogens is 356 g/mol. The predicted molar refractivity (Wildman–Crippen MR) is 117 cm³/mol. The number of likely N-dealkylation sites (tertiary alicyclic amines) is 1. The summed E-state index contributed by atoms with van der Waals surface area (Å²) in [7, 11) is 0. The number of hydrogen-bond acceptors (Lipinski definition) is 2. The second-order valence-electron chi connectivity index (χ2n) is 8.09. The van der Waals surface area contributed by atoms with Gasteiger partial charge in [-0.2, -0.15) is 0 Å². The van der Waals surface area contributed by atoms with Crippen LogP contribution in [0, 0.1) is 0 Å². The van der Waals surface area contributed by atoms with Crippen LogP contribution in [0.1, 0.15) is 27.9 Å². The van der Waals surface area contributed by atoms with Crippen LogP contribution in [-0.2, 0) is 13.0 Å². The monoisotopic (exact) mass is 382 g/mol. The van der Waals surface area contributed by atoms with E-state index in [2.05, 4.69) is 47.4 Å². The maximum atomic E-state index is 13.4. The highest BCUT2D eigenvalue weighted by Gasteiger charge is 2.33. The molecule has 146 valence electrons. The lowest BCUT2D eigenvalue weighted by Crippen LogP contribution is -2.41. The Kier molecular flexibility index (Phi) is 4.91. The fourth-order valence-corrected chi connectivity index (χ4v) is 4.76. The number of rotatable bonds is 3. The minimum Gasteiger partial charge on any atom is -0.337 e. The minimum absolute atomic E-state index is 0.157. The molecule has 3 aromatic carbocycles. The number of benzene rings is 3. The molecule has 1 fully saturated rings. The number of fused-ring (bicyclic) bond motifs is 1. The Labute approximate surface area is 172 Å². The van der Waals surface area contributed by atoms with E-state index < -0.39 is 0 Å². The van der Waals surface area contributed by atoms with Crippen molar-refractivity contribution in [3.8, 4) is 11.1 Å². The van der Waals surface area contributed by atoms with Gasteiger partial charge in [0.25, 0.3) is 5.91 Å². The molecule has 29 heavy (non-hydrogen) atoms. The van der Waals surface area contributed by atoms with Gasteiger partial charge < -0.3 is 4.90 Å². The first kappa shape index (κ1) is 18.1. The molecule has 0 bridgehead atoms. The lowest BCUT2D eigenvalue weighted by molar-refractivity contribution is 0.0774. The first-order valence-electron chi connectivity index (χ1n) is 10.5. The van der Waals surface area contributed by atoms with Crippen LogP contribution >= 0.6 is 0 Å². The van der Waals surface area contributed by atoms with Crippen molar-refractivity contribution in [2.75, 3.05) is 19.6 Å². The topological polar surface area (TPSA) is 23.6 Å². The molecule has 2 aliphatic rings. The standard InChI is InChI=1S/C26H26N2O/c29-26(25-13-7-6-12-24(25)21-9-2-1-3-10-21)28-17-15-23(19-28)27-16-14-20-8-4-5-11-22(20)18-27/h1-13,23H,14-19H2/t23-/m0/s1. The van der Waals surface area contributed by atoms with Crippen molar-refractivity contribution in [3.05, 3.63) is 95.6 Å². The van der Waals surface area contributed by atoms with E-state index in [9.17, 15) is 4.79 Å². The van der Waals surface area contributed by atoms with E-state index in [4.69, 9.17) is 0 Å². The highest BCUT2D eigenvalue weighted by Crippen LogP contribution is 2.28. The maximum Gasteiger partial charge on any atom is 0.254 e. The Morgan fingerprint density at radius 2 is 1.52 bits per heavy atom. The predicted octanol–water partition coefficient (Wildman–Crippen LogP) is 4.63.